The highest BCUT2D eigenvalue weighted by Crippen LogP contribution is 2.75. The molecule has 30 heavy (non-hydrogen) atoms. The summed E-state index contributed by atoms with van der Waals surface area (Å²) in [4.78, 5) is 12.8. The van der Waals surface area contributed by atoms with Gasteiger partial charge in [-0.2, -0.15) is 0 Å². The number of carbonyl (C=O) groups excluding carboxylic acids is 1. The molecule has 5 atom stereocenters. The van der Waals surface area contributed by atoms with E-state index in [0.29, 0.717) is 0 Å². The first-order chi connectivity index (χ1) is 14.2. The molecule has 6 nitrogen and oxygen atoms in total. The quantitative estimate of drug-likeness (QED) is 0.316. The van der Waals surface area contributed by atoms with Crippen LogP contribution in [0.4, 0.5) is 0 Å². The molecule has 1 aliphatic carbocycles. The Balaban J connectivity index is 1.83. The van der Waals surface area contributed by atoms with Crippen molar-refractivity contribution >= 4 is 29.5 Å². The Hall–Kier alpha value is -0.720. The number of rotatable bonds is 5. The van der Waals surface area contributed by atoms with Gasteiger partial charge in [-0.15, -0.1) is 0 Å². The van der Waals surface area contributed by atoms with Crippen LogP contribution < -0.4 is 0 Å². The molecule has 166 valence electrons. The first kappa shape index (κ1) is 22.5. The van der Waals surface area contributed by atoms with Gasteiger partial charge >= 0.3 is 5.97 Å². The van der Waals surface area contributed by atoms with Crippen molar-refractivity contribution in [3.8, 4) is 0 Å². The first-order valence-electron chi connectivity index (χ1n) is 11.0. The van der Waals surface area contributed by atoms with Crippen LogP contribution >= 0.6 is 23.5 Å². The minimum absolute atomic E-state index is 0.132. The Morgan fingerprint density at radius 1 is 1.10 bits per heavy atom. The summed E-state index contributed by atoms with van der Waals surface area (Å²) in [6.45, 7) is 8.53. The van der Waals surface area contributed by atoms with E-state index in [2.05, 4.69) is 53.0 Å². The zero-order valence-electron chi connectivity index (χ0n) is 18.5. The molecule has 0 spiro atoms. The summed E-state index contributed by atoms with van der Waals surface area (Å²) in [5.74, 6) is -0.308. The third-order valence-corrected chi connectivity index (χ3v) is 11.1. The zero-order valence-corrected chi connectivity index (χ0v) is 21.0. The molecule has 1 unspecified atom stereocenters. The van der Waals surface area contributed by atoms with Gasteiger partial charge in [-0.25, -0.2) is 14.0 Å². The summed E-state index contributed by atoms with van der Waals surface area (Å²) in [6.07, 6.45) is 4.47. The Kier molecular flexibility index (Phi) is 6.24. The lowest BCUT2D eigenvalue weighted by Crippen LogP contribution is -2.43. The van der Waals surface area contributed by atoms with E-state index in [1.54, 1.807) is 0 Å². The van der Waals surface area contributed by atoms with Gasteiger partial charge in [0.25, 0.3) is 7.59 Å². The summed E-state index contributed by atoms with van der Waals surface area (Å²) >= 11 is 3.54. The standard InChI is InChI=1S/C22H33BrN3O3P/c1-14(2)24-18-11-6-7-12-19(18)25(15(3)4)30(24,28)26-20(21(26)22(27)29-5)16-9-8-10-17(23)13-16/h8-10,13-15,18-21H,6-7,11-12H2,1-5H3/t18-,19-,20+,21+,26?/m1/s1. The van der Waals surface area contributed by atoms with Gasteiger partial charge in [0.05, 0.1) is 13.2 Å². The van der Waals surface area contributed by atoms with Gasteiger partial charge < -0.3 is 4.74 Å². The fraction of sp³-hybridized carbons (Fsp3) is 0.682. The van der Waals surface area contributed by atoms with Crippen LogP contribution in [0.15, 0.2) is 28.7 Å². The average Bonchev–Trinajstić information content (AvgIpc) is 3.38. The van der Waals surface area contributed by atoms with Crippen LogP contribution in [0.1, 0.15) is 65.0 Å². The van der Waals surface area contributed by atoms with Crippen LogP contribution in [-0.2, 0) is 14.1 Å². The van der Waals surface area contributed by atoms with Crippen molar-refractivity contribution in [1.82, 2.24) is 14.0 Å². The minimum atomic E-state index is -3.14. The third-order valence-electron chi connectivity index (χ3n) is 6.75. The predicted octanol–water partition coefficient (Wildman–Crippen LogP) is 5.20. The van der Waals surface area contributed by atoms with E-state index < -0.39 is 13.6 Å². The van der Waals surface area contributed by atoms with Crippen molar-refractivity contribution in [2.75, 3.05) is 7.11 Å². The average molecular weight is 498 g/mol. The number of ether oxygens (including phenoxy) is 1. The second kappa shape index (κ2) is 8.32. The molecule has 2 saturated heterocycles. The monoisotopic (exact) mass is 497 g/mol. The van der Waals surface area contributed by atoms with E-state index in [4.69, 9.17) is 4.74 Å². The maximum atomic E-state index is 15.1. The van der Waals surface area contributed by atoms with Crippen LogP contribution in [-0.4, -0.2) is 57.3 Å². The van der Waals surface area contributed by atoms with Crippen LogP contribution in [0.2, 0.25) is 0 Å². The summed E-state index contributed by atoms with van der Waals surface area (Å²) < 4.78 is 27.7. The summed E-state index contributed by atoms with van der Waals surface area (Å²) in [5, 5.41) is 0. The number of hydrogen-bond donors (Lipinski definition) is 0. The topological polar surface area (TPSA) is 52.9 Å². The molecule has 1 saturated carbocycles. The SMILES string of the molecule is COC(=O)[C@@H]1[C@H](c2cccc(Br)c2)N1P1(=O)N(C(C)C)[C@@H]2CCCC[C@H]2N1C(C)C. The van der Waals surface area contributed by atoms with Gasteiger partial charge in [0, 0.05) is 28.6 Å². The largest absolute Gasteiger partial charge is 0.468 e. The predicted molar refractivity (Wildman–Crippen MR) is 122 cm³/mol. The van der Waals surface area contributed by atoms with Gasteiger partial charge in [-0.1, -0.05) is 40.9 Å². The molecule has 0 N–H and O–H groups in total. The molecule has 3 fully saturated rings. The van der Waals surface area contributed by atoms with E-state index in [1.165, 1.54) is 20.0 Å². The van der Waals surface area contributed by atoms with Gasteiger partial charge in [0.15, 0.2) is 0 Å². The molecule has 2 heterocycles. The highest BCUT2D eigenvalue weighted by atomic mass is 79.9. The molecule has 4 rings (SSSR count). The normalized spacial score (nSPS) is 33.7. The molecule has 8 heteroatoms. The van der Waals surface area contributed by atoms with Crippen molar-refractivity contribution < 1.29 is 14.1 Å². The van der Waals surface area contributed by atoms with Gasteiger partial charge in [0.1, 0.15) is 6.04 Å². The molecule has 0 aromatic heterocycles. The van der Waals surface area contributed by atoms with Crippen LogP contribution in [0, 0.1) is 0 Å². The van der Waals surface area contributed by atoms with Crippen molar-refractivity contribution in [3.05, 3.63) is 34.3 Å². The molecular formula is C22H33BrN3O3P. The smallest absolute Gasteiger partial charge is 0.325 e. The van der Waals surface area contributed by atoms with Crippen molar-refractivity contribution in [1.29, 1.82) is 0 Å². The number of methoxy groups -OCH3 is 1. The lowest BCUT2D eigenvalue weighted by atomic mass is 9.89. The van der Waals surface area contributed by atoms with E-state index in [9.17, 15) is 4.79 Å². The molecule has 0 radical (unpaired) electrons. The summed E-state index contributed by atoms with van der Waals surface area (Å²) in [5.41, 5.74) is 0.997. The number of esters is 1. The zero-order chi connectivity index (χ0) is 21.8. The molecular weight excluding hydrogens is 465 g/mol. The number of fused-ring (bicyclic) bond motifs is 1. The van der Waals surface area contributed by atoms with E-state index >= 15 is 4.57 Å². The number of benzene rings is 1. The van der Waals surface area contributed by atoms with Crippen molar-refractivity contribution in [2.45, 2.75) is 89.6 Å². The van der Waals surface area contributed by atoms with E-state index in [1.807, 2.05) is 28.9 Å². The van der Waals surface area contributed by atoms with E-state index in [0.717, 1.165) is 22.9 Å². The Bertz CT molecular complexity index is 836. The second-order valence-corrected chi connectivity index (χ2v) is 12.6. The van der Waals surface area contributed by atoms with Gasteiger partial charge in [-0.05, 0) is 58.2 Å². The number of nitrogens with zero attached hydrogens (tertiary/aromatic N) is 3. The summed E-state index contributed by atoms with van der Waals surface area (Å²) in [7, 11) is -1.73. The van der Waals surface area contributed by atoms with Crippen LogP contribution in [0.3, 0.4) is 0 Å². The van der Waals surface area contributed by atoms with Gasteiger partial charge in [0.2, 0.25) is 0 Å². The number of hydrogen-bond acceptors (Lipinski definition) is 3. The molecule has 0 amide bonds. The lowest BCUT2D eigenvalue weighted by Gasteiger charge is -2.37. The molecule has 0 bridgehead atoms. The molecule has 1 aromatic carbocycles. The maximum Gasteiger partial charge on any atom is 0.325 e. The number of carbonyl (C=O) groups is 1. The van der Waals surface area contributed by atoms with E-state index in [-0.39, 0.29) is 36.2 Å². The Morgan fingerprint density at radius 2 is 1.67 bits per heavy atom. The second-order valence-electron chi connectivity index (χ2n) is 9.23. The van der Waals surface area contributed by atoms with Crippen molar-refractivity contribution in [2.24, 2.45) is 0 Å². The fourth-order valence-electron chi connectivity index (χ4n) is 5.75. The highest BCUT2D eigenvalue weighted by Gasteiger charge is 2.71. The molecule has 3 aliphatic rings. The van der Waals surface area contributed by atoms with Crippen LogP contribution in [0.5, 0.6) is 0 Å². The minimum Gasteiger partial charge on any atom is -0.468 e. The lowest BCUT2D eigenvalue weighted by molar-refractivity contribution is -0.140. The molecule has 2 aliphatic heterocycles. The van der Waals surface area contributed by atoms with Crippen LogP contribution in [0.25, 0.3) is 0 Å². The summed E-state index contributed by atoms with van der Waals surface area (Å²) in [6, 6.07) is 8.03. The Morgan fingerprint density at radius 3 is 2.13 bits per heavy atom. The van der Waals surface area contributed by atoms with Gasteiger partial charge in [-0.3, -0.25) is 9.36 Å². The third kappa shape index (κ3) is 3.41. The fourth-order valence-corrected chi connectivity index (χ4v) is 10.5. The maximum absolute atomic E-state index is 15.1. The number of halogens is 1. The molecule has 1 aromatic rings. The Labute approximate surface area is 188 Å². The highest BCUT2D eigenvalue weighted by molar-refractivity contribution is 9.10. The first-order valence-corrected chi connectivity index (χ1v) is 13.4. The van der Waals surface area contributed by atoms with Crippen molar-refractivity contribution in [3.63, 3.8) is 0 Å².